The second-order valence-electron chi connectivity index (χ2n) is 5.07. The Hall–Kier alpha value is -0.870. The van der Waals surface area contributed by atoms with Crippen molar-refractivity contribution in [2.75, 3.05) is 13.2 Å². The molecule has 2 atom stereocenters. The monoisotopic (exact) mass is 238 g/mol. The number of nitrogens with zero attached hydrogens (tertiary/aromatic N) is 1. The van der Waals surface area contributed by atoms with Gasteiger partial charge in [0.25, 0.3) is 0 Å². The van der Waals surface area contributed by atoms with Crippen molar-refractivity contribution in [2.24, 2.45) is 11.8 Å². The van der Waals surface area contributed by atoms with Crippen molar-refractivity contribution in [2.45, 2.75) is 39.7 Å². The molecule has 0 aromatic carbocycles. The van der Waals surface area contributed by atoms with E-state index in [1.165, 1.54) is 24.8 Å². The third-order valence-electron chi connectivity index (χ3n) is 3.94. The molecule has 17 heavy (non-hydrogen) atoms. The van der Waals surface area contributed by atoms with E-state index >= 15 is 0 Å². The van der Waals surface area contributed by atoms with Gasteiger partial charge in [-0.3, -0.25) is 0 Å². The quantitative estimate of drug-likeness (QED) is 0.821. The number of nitrogens with one attached hydrogen (secondary N) is 1. The minimum absolute atomic E-state index is 0.331. The minimum atomic E-state index is 0.331. The molecule has 0 spiro atoms. The summed E-state index contributed by atoms with van der Waals surface area (Å²) in [6.07, 6.45) is 3.66. The predicted octanol–water partition coefficient (Wildman–Crippen LogP) is 1.79. The number of hydrogen-bond donors (Lipinski definition) is 2. The van der Waals surface area contributed by atoms with Gasteiger partial charge in [0, 0.05) is 18.7 Å². The first-order chi connectivity index (χ1) is 8.22. The minimum Gasteiger partial charge on any atom is -0.396 e. The molecule has 96 valence electrons. The fraction of sp³-hybridized carbons (Fsp3) is 0.769. The van der Waals surface area contributed by atoms with Crippen LogP contribution >= 0.6 is 0 Å². The summed E-state index contributed by atoms with van der Waals surface area (Å²) in [6.45, 7) is 6.05. The molecule has 1 aromatic heterocycles. The summed E-state index contributed by atoms with van der Waals surface area (Å²) in [5, 5.41) is 16.7. The second kappa shape index (κ2) is 5.65. The van der Waals surface area contributed by atoms with E-state index in [0.717, 1.165) is 24.5 Å². The molecule has 0 bridgehead atoms. The Morgan fingerprint density at radius 3 is 2.76 bits per heavy atom. The first-order valence-electron chi connectivity index (χ1n) is 6.45. The Morgan fingerprint density at radius 1 is 1.35 bits per heavy atom. The SMILES string of the molecule is Cc1noc(C)c1CNCC1CCCC1CO. The molecule has 1 fully saturated rings. The van der Waals surface area contributed by atoms with Crippen LogP contribution in [0.4, 0.5) is 0 Å². The number of hydrogen-bond acceptors (Lipinski definition) is 4. The number of aliphatic hydroxyl groups excluding tert-OH is 1. The Balaban J connectivity index is 1.80. The van der Waals surface area contributed by atoms with Crippen LogP contribution in [0.25, 0.3) is 0 Å². The predicted molar refractivity (Wildman–Crippen MR) is 65.6 cm³/mol. The van der Waals surface area contributed by atoms with Crippen LogP contribution in [0, 0.1) is 25.7 Å². The summed E-state index contributed by atoms with van der Waals surface area (Å²) in [4.78, 5) is 0. The van der Waals surface area contributed by atoms with E-state index in [0.29, 0.717) is 18.4 Å². The van der Waals surface area contributed by atoms with Gasteiger partial charge in [0.05, 0.1) is 5.69 Å². The molecule has 0 saturated heterocycles. The fourth-order valence-electron chi connectivity index (χ4n) is 2.76. The van der Waals surface area contributed by atoms with Crippen molar-refractivity contribution in [3.05, 3.63) is 17.0 Å². The molecule has 4 heteroatoms. The lowest BCUT2D eigenvalue weighted by Crippen LogP contribution is -2.26. The highest BCUT2D eigenvalue weighted by Crippen LogP contribution is 2.30. The topological polar surface area (TPSA) is 58.3 Å². The molecule has 2 rings (SSSR count). The average molecular weight is 238 g/mol. The van der Waals surface area contributed by atoms with E-state index in [-0.39, 0.29) is 0 Å². The third-order valence-corrected chi connectivity index (χ3v) is 3.94. The van der Waals surface area contributed by atoms with E-state index in [1.54, 1.807) is 0 Å². The molecule has 1 aromatic rings. The summed E-state index contributed by atoms with van der Waals surface area (Å²) < 4.78 is 5.13. The zero-order chi connectivity index (χ0) is 12.3. The second-order valence-corrected chi connectivity index (χ2v) is 5.07. The third kappa shape index (κ3) is 2.87. The van der Waals surface area contributed by atoms with Crippen LogP contribution in [0.1, 0.15) is 36.3 Å². The maximum absolute atomic E-state index is 9.26. The van der Waals surface area contributed by atoms with Gasteiger partial charge in [0.2, 0.25) is 0 Å². The lowest BCUT2D eigenvalue weighted by Gasteiger charge is -2.17. The van der Waals surface area contributed by atoms with Gasteiger partial charge in [-0.2, -0.15) is 0 Å². The normalized spacial score (nSPS) is 24.4. The van der Waals surface area contributed by atoms with Gasteiger partial charge in [0.15, 0.2) is 0 Å². The maximum Gasteiger partial charge on any atom is 0.138 e. The average Bonchev–Trinajstić information content (AvgIpc) is 2.89. The van der Waals surface area contributed by atoms with Gasteiger partial charge in [0.1, 0.15) is 5.76 Å². The highest BCUT2D eigenvalue weighted by molar-refractivity contribution is 5.20. The Bertz CT molecular complexity index is 343. The zero-order valence-electron chi connectivity index (χ0n) is 10.7. The van der Waals surface area contributed by atoms with E-state index in [1.807, 2.05) is 13.8 Å². The molecular formula is C13H22N2O2. The molecule has 1 heterocycles. The van der Waals surface area contributed by atoms with Crippen molar-refractivity contribution < 1.29 is 9.63 Å². The molecule has 1 aliphatic carbocycles. The van der Waals surface area contributed by atoms with Gasteiger partial charge >= 0.3 is 0 Å². The summed E-state index contributed by atoms with van der Waals surface area (Å²) >= 11 is 0. The Kier molecular flexibility index (Phi) is 4.18. The summed E-state index contributed by atoms with van der Waals surface area (Å²) in [5.74, 6) is 2.02. The van der Waals surface area contributed by atoms with Gasteiger partial charge in [-0.05, 0) is 45.1 Å². The van der Waals surface area contributed by atoms with Crippen LogP contribution in [0.5, 0.6) is 0 Å². The Labute approximate surface area is 102 Å². The van der Waals surface area contributed by atoms with Crippen LogP contribution in [-0.2, 0) is 6.54 Å². The van der Waals surface area contributed by atoms with Crippen molar-refractivity contribution >= 4 is 0 Å². The van der Waals surface area contributed by atoms with Crippen molar-refractivity contribution in [3.63, 3.8) is 0 Å². The first kappa shape index (κ1) is 12.6. The van der Waals surface area contributed by atoms with Crippen LogP contribution in [0.2, 0.25) is 0 Å². The van der Waals surface area contributed by atoms with Gasteiger partial charge in [-0.15, -0.1) is 0 Å². The van der Waals surface area contributed by atoms with E-state index < -0.39 is 0 Å². The molecular weight excluding hydrogens is 216 g/mol. The molecule has 4 nitrogen and oxygen atoms in total. The highest BCUT2D eigenvalue weighted by Gasteiger charge is 2.26. The van der Waals surface area contributed by atoms with Crippen LogP contribution in [0.15, 0.2) is 4.52 Å². The van der Waals surface area contributed by atoms with Crippen LogP contribution in [-0.4, -0.2) is 23.4 Å². The summed E-state index contributed by atoms with van der Waals surface area (Å²) in [5.41, 5.74) is 2.14. The number of aromatic nitrogens is 1. The molecule has 0 amide bonds. The van der Waals surface area contributed by atoms with Crippen LogP contribution < -0.4 is 5.32 Å². The lowest BCUT2D eigenvalue weighted by atomic mass is 9.97. The fourth-order valence-corrected chi connectivity index (χ4v) is 2.76. The smallest absolute Gasteiger partial charge is 0.138 e. The van der Waals surface area contributed by atoms with Crippen molar-refractivity contribution in [1.29, 1.82) is 0 Å². The zero-order valence-corrected chi connectivity index (χ0v) is 10.7. The summed E-state index contributed by atoms with van der Waals surface area (Å²) in [7, 11) is 0. The first-order valence-corrected chi connectivity index (χ1v) is 6.45. The number of aryl methyl sites for hydroxylation is 2. The van der Waals surface area contributed by atoms with E-state index in [2.05, 4.69) is 10.5 Å². The van der Waals surface area contributed by atoms with Gasteiger partial charge in [-0.25, -0.2) is 0 Å². The van der Waals surface area contributed by atoms with Gasteiger partial charge in [-0.1, -0.05) is 11.6 Å². The van der Waals surface area contributed by atoms with E-state index in [9.17, 15) is 5.11 Å². The van der Waals surface area contributed by atoms with Gasteiger partial charge < -0.3 is 14.9 Å². The Morgan fingerprint density at radius 2 is 2.12 bits per heavy atom. The molecule has 0 aliphatic heterocycles. The molecule has 1 saturated carbocycles. The highest BCUT2D eigenvalue weighted by atomic mass is 16.5. The number of aliphatic hydroxyl groups is 1. The summed E-state index contributed by atoms with van der Waals surface area (Å²) in [6, 6.07) is 0. The molecule has 0 radical (unpaired) electrons. The van der Waals surface area contributed by atoms with Crippen LogP contribution in [0.3, 0.4) is 0 Å². The largest absolute Gasteiger partial charge is 0.396 e. The van der Waals surface area contributed by atoms with Crippen molar-refractivity contribution in [3.8, 4) is 0 Å². The number of rotatable bonds is 5. The maximum atomic E-state index is 9.26. The molecule has 1 aliphatic rings. The van der Waals surface area contributed by atoms with Crippen molar-refractivity contribution in [1.82, 2.24) is 10.5 Å². The lowest BCUT2D eigenvalue weighted by molar-refractivity contribution is 0.192. The standard InChI is InChI=1S/C13H22N2O2/c1-9-13(10(2)17-15-9)7-14-6-11-4-3-5-12(11)8-16/h11-12,14,16H,3-8H2,1-2H3. The van der Waals surface area contributed by atoms with E-state index in [4.69, 9.17) is 4.52 Å². The molecule has 2 N–H and O–H groups in total. The molecule has 2 unspecified atom stereocenters.